The monoisotopic (exact) mass is 817 g/mol. The Morgan fingerprint density at radius 2 is 1.38 bits per heavy atom. The predicted molar refractivity (Wildman–Crippen MR) is 258 cm³/mol. The molecule has 11 rings (SSSR count). The summed E-state index contributed by atoms with van der Waals surface area (Å²) in [6.07, 6.45) is 15.3. The first-order valence-electron chi connectivity index (χ1n) is 21.3. The van der Waals surface area contributed by atoms with Crippen molar-refractivity contribution in [2.45, 2.75) is 33.1 Å². The summed E-state index contributed by atoms with van der Waals surface area (Å²) in [6.45, 7) is 10.5. The van der Waals surface area contributed by atoms with Crippen molar-refractivity contribution in [1.82, 2.24) is 24.1 Å². The van der Waals surface area contributed by atoms with Crippen molar-refractivity contribution in [2.24, 2.45) is 0 Å². The summed E-state index contributed by atoms with van der Waals surface area (Å²) in [4.78, 5) is 16.2. The molecule has 7 heteroatoms. The minimum absolute atomic E-state index is 0.262. The summed E-state index contributed by atoms with van der Waals surface area (Å²) in [5, 5.41) is 5.28. The number of hydrogen-bond acceptors (Lipinski definition) is 5. The lowest BCUT2D eigenvalue weighted by molar-refractivity contribution is 0.563. The van der Waals surface area contributed by atoms with E-state index < -0.39 is 0 Å². The summed E-state index contributed by atoms with van der Waals surface area (Å²) in [5.74, 6) is 2.39. The van der Waals surface area contributed by atoms with Crippen molar-refractivity contribution in [2.75, 3.05) is 0 Å². The molecule has 0 radical (unpaired) electrons. The number of nitrogens with zero attached hydrogens (tertiary/aromatic N) is 5. The molecule has 5 aromatic heterocycles. The molecule has 5 aromatic carbocycles. The highest BCUT2D eigenvalue weighted by molar-refractivity contribution is 6.06. The van der Waals surface area contributed by atoms with Gasteiger partial charge in [0.05, 0.1) is 17.0 Å². The molecule has 0 saturated heterocycles. The van der Waals surface area contributed by atoms with Crippen LogP contribution in [0.2, 0.25) is 0 Å². The van der Waals surface area contributed by atoms with Crippen LogP contribution in [0.4, 0.5) is 0 Å². The average Bonchev–Trinajstić information content (AvgIpc) is 3.95. The second-order valence-corrected chi connectivity index (χ2v) is 16.1. The third-order valence-electron chi connectivity index (χ3n) is 12.2. The number of para-hydroxylation sites is 3. The molecule has 0 amide bonds. The zero-order chi connectivity index (χ0) is 42.6. The Hall–Kier alpha value is -8.03. The van der Waals surface area contributed by atoms with Crippen LogP contribution in [0.5, 0.6) is 0 Å². The lowest BCUT2D eigenvalue weighted by atomic mass is 9.99. The molecule has 7 nitrogen and oxygen atoms in total. The fourth-order valence-electron chi connectivity index (χ4n) is 9.11. The van der Waals surface area contributed by atoms with E-state index in [9.17, 15) is 0 Å². The molecule has 1 atom stereocenters. The van der Waals surface area contributed by atoms with Crippen molar-refractivity contribution in [3.05, 3.63) is 210 Å². The molecule has 0 N–H and O–H groups in total. The molecule has 0 aliphatic heterocycles. The zero-order valence-electron chi connectivity index (χ0n) is 35.3. The maximum absolute atomic E-state index is 6.30. The Labute approximate surface area is 364 Å². The molecular formula is C56H43N5O2. The molecule has 1 aliphatic carbocycles. The van der Waals surface area contributed by atoms with Crippen LogP contribution in [0.1, 0.15) is 45.6 Å². The normalized spacial score (nSPS) is 14.4. The third-order valence-corrected chi connectivity index (χ3v) is 12.2. The van der Waals surface area contributed by atoms with Crippen LogP contribution >= 0.6 is 0 Å². The molecule has 5 heterocycles. The van der Waals surface area contributed by atoms with Gasteiger partial charge in [-0.2, -0.15) is 9.97 Å². The van der Waals surface area contributed by atoms with Crippen molar-refractivity contribution < 1.29 is 8.83 Å². The van der Waals surface area contributed by atoms with Gasteiger partial charge in [0.15, 0.2) is 5.82 Å². The van der Waals surface area contributed by atoms with E-state index >= 15 is 0 Å². The van der Waals surface area contributed by atoms with E-state index in [-0.39, 0.29) is 5.92 Å². The first-order chi connectivity index (χ1) is 30.9. The fourth-order valence-corrected chi connectivity index (χ4v) is 9.11. The summed E-state index contributed by atoms with van der Waals surface area (Å²) in [6, 6.07) is 46.3. The standard InChI is InChI=1S/C56H43N5O2/c1-5-6-18-42-36(3)61(53-37(4)60(41-30-26-35(2)27-31-41)48-22-10-7-15-38(48)16-13-21-46(42)53)56-58-54(39-17-14-25-51-45(32-28-39)43-19-8-11-23-49(43)62-51)57-55(59-56)40-29-33-52-47(34-40)44-20-9-12-24-50(44)63-52/h5-24,26-34,39H,1,25H2,2-4H3/b16-13?,17-14-,18-6-,32-28?,46-21?,53-37?. The van der Waals surface area contributed by atoms with Crippen LogP contribution in [0.3, 0.4) is 0 Å². The van der Waals surface area contributed by atoms with Crippen LogP contribution in [-0.2, 0) is 6.42 Å². The summed E-state index contributed by atoms with van der Waals surface area (Å²) in [5.41, 5.74) is 11.8. The molecule has 10 aromatic rings. The highest BCUT2D eigenvalue weighted by Crippen LogP contribution is 2.37. The van der Waals surface area contributed by atoms with E-state index in [0.717, 1.165) is 94.2 Å². The largest absolute Gasteiger partial charge is 0.460 e. The van der Waals surface area contributed by atoms with Gasteiger partial charge in [-0.15, -0.1) is 0 Å². The van der Waals surface area contributed by atoms with Crippen molar-refractivity contribution in [3.63, 3.8) is 0 Å². The number of aryl methyl sites for hydroxylation is 2. The van der Waals surface area contributed by atoms with Gasteiger partial charge in [-0.3, -0.25) is 4.57 Å². The van der Waals surface area contributed by atoms with Gasteiger partial charge in [0.1, 0.15) is 28.3 Å². The Morgan fingerprint density at radius 1 is 0.651 bits per heavy atom. The van der Waals surface area contributed by atoms with E-state index in [1.54, 1.807) is 0 Å². The molecule has 304 valence electrons. The fraction of sp³-hybridized carbons (Fsp3) is 0.0893. The van der Waals surface area contributed by atoms with Crippen molar-refractivity contribution in [3.8, 4) is 23.0 Å². The molecule has 1 unspecified atom stereocenters. The minimum Gasteiger partial charge on any atom is -0.460 e. The van der Waals surface area contributed by atoms with Gasteiger partial charge in [0.2, 0.25) is 5.95 Å². The Bertz CT molecular complexity index is 3610. The molecular weight excluding hydrogens is 775 g/mol. The zero-order valence-corrected chi connectivity index (χ0v) is 35.3. The van der Waals surface area contributed by atoms with E-state index in [2.05, 4.69) is 158 Å². The van der Waals surface area contributed by atoms with E-state index in [0.29, 0.717) is 24.0 Å². The summed E-state index contributed by atoms with van der Waals surface area (Å²) < 4.78 is 17.1. The smallest absolute Gasteiger partial charge is 0.238 e. The molecule has 0 fully saturated rings. The number of allylic oxidation sites excluding steroid dienone is 5. The van der Waals surface area contributed by atoms with Gasteiger partial charge >= 0.3 is 0 Å². The van der Waals surface area contributed by atoms with Gasteiger partial charge in [-0.05, 0) is 74.7 Å². The molecule has 0 saturated carbocycles. The first-order valence-corrected chi connectivity index (χ1v) is 21.3. The topological polar surface area (TPSA) is 74.8 Å². The maximum Gasteiger partial charge on any atom is 0.238 e. The molecule has 63 heavy (non-hydrogen) atoms. The van der Waals surface area contributed by atoms with Crippen molar-refractivity contribution >= 4 is 66.9 Å². The van der Waals surface area contributed by atoms with Crippen LogP contribution in [0.15, 0.2) is 179 Å². The maximum atomic E-state index is 6.30. The highest BCUT2D eigenvalue weighted by Gasteiger charge is 2.23. The van der Waals surface area contributed by atoms with Gasteiger partial charge in [0.25, 0.3) is 0 Å². The number of furan rings is 2. The van der Waals surface area contributed by atoms with Crippen LogP contribution < -0.4 is 0 Å². The van der Waals surface area contributed by atoms with Crippen LogP contribution in [0, 0.1) is 20.8 Å². The molecule has 0 bridgehead atoms. The second-order valence-electron chi connectivity index (χ2n) is 16.1. The number of fused-ring (bicyclic) bond motifs is 8. The lowest BCUT2D eigenvalue weighted by Gasteiger charge is -2.17. The highest BCUT2D eigenvalue weighted by atomic mass is 16.3. The van der Waals surface area contributed by atoms with Crippen LogP contribution in [-0.4, -0.2) is 24.1 Å². The number of rotatable bonds is 6. The van der Waals surface area contributed by atoms with E-state index in [1.165, 1.54) is 5.56 Å². The predicted octanol–water partition coefficient (Wildman–Crippen LogP) is 14.2. The number of hydrogen-bond donors (Lipinski definition) is 0. The lowest BCUT2D eigenvalue weighted by Crippen LogP contribution is -2.12. The average molecular weight is 818 g/mol. The van der Waals surface area contributed by atoms with Crippen molar-refractivity contribution in [1.29, 1.82) is 0 Å². The quantitative estimate of drug-likeness (QED) is 0.123. The van der Waals surface area contributed by atoms with Gasteiger partial charge in [0, 0.05) is 61.7 Å². The molecule has 1 aliphatic rings. The molecule has 0 spiro atoms. The second kappa shape index (κ2) is 15.5. The van der Waals surface area contributed by atoms with Gasteiger partial charge < -0.3 is 13.4 Å². The SMILES string of the molecule is C=C/C=C\c1c(C)n(-c2nc(-c3ccc4oc5ccccc5c4c3)nc(C3C=Cc4c(oc5ccccc45)C/C=C\3)n2)c2c(C)n(-c3ccc(C)cc3)c3ccccc3cccc12. The Kier molecular flexibility index (Phi) is 9.31. The first kappa shape index (κ1) is 37.9. The summed E-state index contributed by atoms with van der Waals surface area (Å²) in [7, 11) is 0. The Balaban J connectivity index is 1.22. The van der Waals surface area contributed by atoms with Crippen LogP contribution in [0.25, 0.3) is 89.9 Å². The number of aromatic nitrogens is 5. The van der Waals surface area contributed by atoms with Gasteiger partial charge in [-0.1, -0.05) is 140 Å². The van der Waals surface area contributed by atoms with Gasteiger partial charge in [-0.25, -0.2) is 4.98 Å². The number of benzene rings is 5. The third kappa shape index (κ3) is 6.57. The summed E-state index contributed by atoms with van der Waals surface area (Å²) >= 11 is 0. The Morgan fingerprint density at radius 3 is 2.22 bits per heavy atom. The van der Waals surface area contributed by atoms with E-state index in [1.807, 2.05) is 54.6 Å². The minimum atomic E-state index is -0.262. The van der Waals surface area contributed by atoms with E-state index in [4.69, 9.17) is 23.8 Å².